The minimum Gasteiger partial charge on any atom is -0.378 e. The summed E-state index contributed by atoms with van der Waals surface area (Å²) >= 11 is 0. The first-order valence-corrected chi connectivity index (χ1v) is 9.05. The fourth-order valence-corrected chi connectivity index (χ4v) is 3.17. The number of aromatic nitrogens is 3. The van der Waals surface area contributed by atoms with E-state index in [9.17, 15) is 9.18 Å². The van der Waals surface area contributed by atoms with E-state index >= 15 is 0 Å². The highest BCUT2D eigenvalue weighted by atomic mass is 19.1. The second-order valence-corrected chi connectivity index (χ2v) is 6.43. The number of imidazole rings is 1. The van der Waals surface area contributed by atoms with Crippen LogP contribution < -0.4 is 10.2 Å². The number of carbonyl (C=O) groups excluding carboxylic acids is 1. The summed E-state index contributed by atoms with van der Waals surface area (Å²) in [5.41, 5.74) is 1.96. The highest BCUT2D eigenvalue weighted by Gasteiger charge is 2.21. The average molecular weight is 381 g/mol. The van der Waals surface area contributed by atoms with Crippen molar-refractivity contribution >= 4 is 11.6 Å². The Morgan fingerprint density at radius 3 is 2.64 bits per heavy atom. The molecule has 0 aliphatic carbocycles. The largest absolute Gasteiger partial charge is 0.378 e. The van der Waals surface area contributed by atoms with Crippen LogP contribution in [0.4, 0.5) is 10.1 Å². The smallest absolute Gasteiger partial charge is 0.270 e. The lowest BCUT2D eigenvalue weighted by molar-refractivity contribution is 0.0936. The van der Waals surface area contributed by atoms with E-state index in [1.807, 2.05) is 6.07 Å². The number of amides is 1. The summed E-state index contributed by atoms with van der Waals surface area (Å²) in [6.07, 6.45) is 4.91. The SMILES string of the molecule is O=C(NC(c1ccc(F)cc1)c1ncc[nH]1)c1cc(N2CCOCC2)ccn1. The predicted molar refractivity (Wildman–Crippen MR) is 102 cm³/mol. The molecular weight excluding hydrogens is 361 g/mol. The molecule has 2 N–H and O–H groups in total. The van der Waals surface area contributed by atoms with Gasteiger partial charge in [0.2, 0.25) is 0 Å². The molecule has 0 radical (unpaired) electrons. The van der Waals surface area contributed by atoms with E-state index in [4.69, 9.17) is 4.74 Å². The minimum absolute atomic E-state index is 0.308. The fraction of sp³-hybridized carbons (Fsp3) is 0.250. The fourth-order valence-electron chi connectivity index (χ4n) is 3.17. The van der Waals surface area contributed by atoms with Gasteiger partial charge in [0.25, 0.3) is 5.91 Å². The van der Waals surface area contributed by atoms with Crippen LogP contribution in [0.25, 0.3) is 0 Å². The van der Waals surface area contributed by atoms with E-state index in [2.05, 4.69) is 25.2 Å². The van der Waals surface area contributed by atoms with Crippen LogP contribution in [0, 0.1) is 5.82 Å². The van der Waals surface area contributed by atoms with Gasteiger partial charge in [-0.3, -0.25) is 9.78 Å². The molecule has 0 saturated carbocycles. The molecule has 2 aromatic heterocycles. The van der Waals surface area contributed by atoms with Gasteiger partial charge in [-0.2, -0.15) is 0 Å². The van der Waals surface area contributed by atoms with Crippen LogP contribution in [0.15, 0.2) is 55.0 Å². The van der Waals surface area contributed by atoms with Gasteiger partial charge in [-0.1, -0.05) is 12.1 Å². The van der Waals surface area contributed by atoms with Crippen LogP contribution in [-0.2, 0) is 4.74 Å². The Hall–Kier alpha value is -3.26. The zero-order valence-corrected chi connectivity index (χ0v) is 15.1. The van der Waals surface area contributed by atoms with Gasteiger partial charge in [0.05, 0.1) is 13.2 Å². The number of pyridine rings is 1. The molecule has 8 heteroatoms. The van der Waals surface area contributed by atoms with E-state index in [-0.39, 0.29) is 11.7 Å². The van der Waals surface area contributed by atoms with E-state index in [0.29, 0.717) is 30.3 Å². The number of aromatic amines is 1. The summed E-state index contributed by atoms with van der Waals surface area (Å²) in [7, 11) is 0. The predicted octanol–water partition coefficient (Wildman–Crippen LogP) is 2.30. The maximum Gasteiger partial charge on any atom is 0.270 e. The van der Waals surface area contributed by atoms with Crippen molar-refractivity contribution in [3.05, 3.63) is 77.9 Å². The van der Waals surface area contributed by atoms with Crippen LogP contribution in [-0.4, -0.2) is 47.2 Å². The lowest BCUT2D eigenvalue weighted by Gasteiger charge is -2.29. The number of H-pyrrole nitrogens is 1. The quantitative estimate of drug-likeness (QED) is 0.709. The van der Waals surface area contributed by atoms with Gasteiger partial charge in [0.1, 0.15) is 23.4 Å². The van der Waals surface area contributed by atoms with E-state index in [1.54, 1.807) is 36.8 Å². The van der Waals surface area contributed by atoms with Gasteiger partial charge in [-0.15, -0.1) is 0 Å². The molecule has 0 bridgehead atoms. The lowest BCUT2D eigenvalue weighted by atomic mass is 10.1. The number of hydrogen-bond donors (Lipinski definition) is 2. The van der Waals surface area contributed by atoms with Gasteiger partial charge < -0.3 is 19.9 Å². The highest BCUT2D eigenvalue weighted by molar-refractivity contribution is 5.93. The van der Waals surface area contributed by atoms with Crippen molar-refractivity contribution in [3.63, 3.8) is 0 Å². The van der Waals surface area contributed by atoms with E-state index in [0.717, 1.165) is 18.8 Å². The molecular formula is C20H20FN5O2. The molecule has 1 amide bonds. The van der Waals surface area contributed by atoms with Crippen molar-refractivity contribution in [2.24, 2.45) is 0 Å². The van der Waals surface area contributed by atoms with Gasteiger partial charge in [-0.05, 0) is 29.8 Å². The number of halogens is 1. The van der Waals surface area contributed by atoms with Crippen LogP contribution in [0.3, 0.4) is 0 Å². The molecule has 1 aliphatic rings. The van der Waals surface area contributed by atoms with Crippen molar-refractivity contribution in [3.8, 4) is 0 Å². The van der Waals surface area contributed by atoms with Crippen LogP contribution in [0.5, 0.6) is 0 Å². The first-order valence-electron chi connectivity index (χ1n) is 9.05. The Labute approximate surface area is 161 Å². The maximum absolute atomic E-state index is 13.3. The number of carbonyl (C=O) groups is 1. The summed E-state index contributed by atoms with van der Waals surface area (Å²) in [5, 5.41) is 2.94. The number of morpholine rings is 1. The van der Waals surface area contributed by atoms with E-state index < -0.39 is 6.04 Å². The maximum atomic E-state index is 13.3. The Morgan fingerprint density at radius 2 is 1.93 bits per heavy atom. The minimum atomic E-state index is -0.544. The number of hydrogen-bond acceptors (Lipinski definition) is 5. The Morgan fingerprint density at radius 1 is 1.14 bits per heavy atom. The second-order valence-electron chi connectivity index (χ2n) is 6.43. The molecule has 144 valence electrons. The van der Waals surface area contributed by atoms with E-state index in [1.165, 1.54) is 12.1 Å². The van der Waals surface area contributed by atoms with Crippen molar-refractivity contribution < 1.29 is 13.9 Å². The number of anilines is 1. The molecule has 1 fully saturated rings. The molecule has 7 nitrogen and oxygen atoms in total. The first kappa shape index (κ1) is 18.1. The second kappa shape index (κ2) is 8.18. The molecule has 3 aromatic rings. The van der Waals surface area contributed by atoms with Crippen molar-refractivity contribution in [2.45, 2.75) is 6.04 Å². The number of nitrogens with zero attached hydrogens (tertiary/aromatic N) is 3. The summed E-state index contributed by atoms with van der Waals surface area (Å²) in [6, 6.07) is 9.07. The summed E-state index contributed by atoms with van der Waals surface area (Å²) < 4.78 is 18.7. The van der Waals surface area contributed by atoms with Crippen LogP contribution in [0.2, 0.25) is 0 Å². The standard InChI is InChI=1S/C20H20FN5O2/c21-15-3-1-14(2-4-15)18(19-23-7-8-24-19)25-20(27)17-13-16(5-6-22-17)26-9-11-28-12-10-26/h1-8,13,18H,9-12H2,(H,23,24)(H,25,27). The molecule has 0 spiro atoms. The Bertz CT molecular complexity index is 924. The molecule has 4 rings (SSSR count). The Kier molecular flexibility index (Phi) is 5.29. The van der Waals surface area contributed by atoms with Crippen molar-refractivity contribution in [1.29, 1.82) is 0 Å². The summed E-state index contributed by atoms with van der Waals surface area (Å²) in [5.74, 6) is -0.113. The molecule has 1 aliphatic heterocycles. The van der Waals surface area contributed by atoms with Crippen LogP contribution in [0.1, 0.15) is 27.9 Å². The zero-order chi connectivity index (χ0) is 19.3. The number of rotatable bonds is 5. The lowest BCUT2D eigenvalue weighted by Crippen LogP contribution is -2.36. The molecule has 1 atom stereocenters. The average Bonchev–Trinajstić information content (AvgIpc) is 3.28. The van der Waals surface area contributed by atoms with Gasteiger partial charge >= 0.3 is 0 Å². The first-order chi connectivity index (χ1) is 13.7. The van der Waals surface area contributed by atoms with Crippen molar-refractivity contribution in [2.75, 3.05) is 31.2 Å². The summed E-state index contributed by atoms with van der Waals surface area (Å²) in [6.45, 7) is 2.87. The monoisotopic (exact) mass is 381 g/mol. The molecule has 1 unspecified atom stereocenters. The normalized spacial score (nSPS) is 15.2. The molecule has 3 heterocycles. The van der Waals surface area contributed by atoms with Gasteiger partial charge in [-0.25, -0.2) is 9.37 Å². The Balaban J connectivity index is 1.57. The molecule has 28 heavy (non-hydrogen) atoms. The van der Waals surface area contributed by atoms with Gasteiger partial charge in [0.15, 0.2) is 0 Å². The highest BCUT2D eigenvalue weighted by Crippen LogP contribution is 2.21. The number of ether oxygens (including phenoxy) is 1. The summed E-state index contributed by atoms with van der Waals surface area (Å²) in [4.78, 5) is 26.5. The molecule has 1 saturated heterocycles. The third-order valence-corrected chi connectivity index (χ3v) is 4.62. The van der Waals surface area contributed by atoms with Crippen LogP contribution >= 0.6 is 0 Å². The topological polar surface area (TPSA) is 83.1 Å². The van der Waals surface area contributed by atoms with Gasteiger partial charge in [0, 0.05) is 37.4 Å². The third kappa shape index (κ3) is 4.01. The third-order valence-electron chi connectivity index (χ3n) is 4.62. The zero-order valence-electron chi connectivity index (χ0n) is 15.1. The molecule has 1 aromatic carbocycles. The van der Waals surface area contributed by atoms with Crippen molar-refractivity contribution in [1.82, 2.24) is 20.3 Å². The number of nitrogens with one attached hydrogen (secondary N) is 2. The number of benzene rings is 1.